The van der Waals surface area contributed by atoms with Crippen molar-refractivity contribution in [3.8, 4) is 0 Å². The highest BCUT2D eigenvalue weighted by molar-refractivity contribution is 6.34. The highest BCUT2D eigenvalue weighted by Crippen LogP contribution is 2.23. The molecule has 0 aliphatic rings. The summed E-state index contributed by atoms with van der Waals surface area (Å²) in [6.45, 7) is 0. The number of nitrogens with one attached hydrogen (secondary N) is 1. The number of halogens is 3. The standard InChI is InChI=1S/C12H8Cl2FN3O/c13-8-5-7(15)1-2-9(8)17-12(19)6-3-10(14)18-11(16)4-6/h1-5H,(H2,16,18)(H,17,19). The summed E-state index contributed by atoms with van der Waals surface area (Å²) >= 11 is 11.5. The Bertz CT molecular complexity index is 629. The Balaban J connectivity index is 2.25. The fourth-order valence-electron chi connectivity index (χ4n) is 1.43. The summed E-state index contributed by atoms with van der Waals surface area (Å²) in [6, 6.07) is 6.39. The van der Waals surface area contributed by atoms with Crippen LogP contribution in [-0.4, -0.2) is 10.9 Å². The first kappa shape index (κ1) is 13.6. The van der Waals surface area contributed by atoms with E-state index in [0.717, 1.165) is 6.07 Å². The number of hydrogen-bond donors (Lipinski definition) is 2. The van der Waals surface area contributed by atoms with Gasteiger partial charge in [-0.15, -0.1) is 0 Å². The zero-order valence-electron chi connectivity index (χ0n) is 9.45. The molecule has 0 unspecified atom stereocenters. The summed E-state index contributed by atoms with van der Waals surface area (Å²) in [5.74, 6) is -0.827. The summed E-state index contributed by atoms with van der Waals surface area (Å²) in [5.41, 5.74) is 6.01. The van der Waals surface area contributed by atoms with Gasteiger partial charge >= 0.3 is 0 Å². The van der Waals surface area contributed by atoms with Crippen molar-refractivity contribution in [2.75, 3.05) is 11.1 Å². The van der Waals surface area contributed by atoms with Crippen LogP contribution in [0, 0.1) is 5.82 Å². The van der Waals surface area contributed by atoms with E-state index in [9.17, 15) is 9.18 Å². The summed E-state index contributed by atoms with van der Waals surface area (Å²) in [4.78, 5) is 15.7. The largest absolute Gasteiger partial charge is 0.384 e. The lowest BCUT2D eigenvalue weighted by atomic mass is 10.2. The van der Waals surface area contributed by atoms with Crippen LogP contribution < -0.4 is 11.1 Å². The van der Waals surface area contributed by atoms with Crippen molar-refractivity contribution in [1.82, 2.24) is 4.98 Å². The van der Waals surface area contributed by atoms with Gasteiger partial charge in [-0.2, -0.15) is 0 Å². The molecule has 2 aromatic rings. The number of anilines is 2. The number of aromatic nitrogens is 1. The number of nitrogen functional groups attached to an aromatic ring is 1. The minimum absolute atomic E-state index is 0.0986. The number of rotatable bonds is 2. The lowest BCUT2D eigenvalue weighted by molar-refractivity contribution is 0.102. The lowest BCUT2D eigenvalue weighted by Crippen LogP contribution is -2.13. The van der Waals surface area contributed by atoms with Gasteiger partial charge in [0.1, 0.15) is 16.8 Å². The van der Waals surface area contributed by atoms with Crippen LogP contribution in [0.2, 0.25) is 10.2 Å². The third kappa shape index (κ3) is 3.33. The zero-order valence-corrected chi connectivity index (χ0v) is 11.0. The van der Waals surface area contributed by atoms with E-state index in [-0.39, 0.29) is 21.6 Å². The molecule has 4 nitrogen and oxygen atoms in total. The molecule has 98 valence electrons. The van der Waals surface area contributed by atoms with Crippen molar-refractivity contribution in [3.63, 3.8) is 0 Å². The van der Waals surface area contributed by atoms with Crippen molar-refractivity contribution < 1.29 is 9.18 Å². The lowest BCUT2D eigenvalue weighted by Gasteiger charge is -2.08. The highest BCUT2D eigenvalue weighted by atomic mass is 35.5. The fraction of sp³-hybridized carbons (Fsp3) is 0. The number of pyridine rings is 1. The van der Waals surface area contributed by atoms with E-state index >= 15 is 0 Å². The van der Waals surface area contributed by atoms with Crippen molar-refractivity contribution in [3.05, 3.63) is 51.9 Å². The molecule has 0 fully saturated rings. The molecule has 3 N–H and O–H groups in total. The van der Waals surface area contributed by atoms with Gasteiger partial charge in [0.05, 0.1) is 10.7 Å². The topological polar surface area (TPSA) is 68.0 Å². The number of amides is 1. The van der Waals surface area contributed by atoms with Gasteiger partial charge in [0.2, 0.25) is 0 Å². The van der Waals surface area contributed by atoms with Crippen molar-refractivity contribution >= 4 is 40.6 Å². The summed E-state index contributed by atoms with van der Waals surface area (Å²) in [5, 5.41) is 2.73. The average Bonchev–Trinajstić information content (AvgIpc) is 2.31. The summed E-state index contributed by atoms with van der Waals surface area (Å²) < 4.78 is 12.9. The molecule has 0 aliphatic heterocycles. The molecule has 0 spiro atoms. The quantitative estimate of drug-likeness (QED) is 0.836. The first-order valence-electron chi connectivity index (χ1n) is 5.15. The number of carbonyl (C=O) groups is 1. The third-order valence-corrected chi connectivity index (χ3v) is 2.76. The first-order valence-corrected chi connectivity index (χ1v) is 5.91. The molecule has 1 heterocycles. The Kier molecular flexibility index (Phi) is 3.87. The second-order valence-corrected chi connectivity index (χ2v) is 4.48. The smallest absolute Gasteiger partial charge is 0.255 e. The molecule has 0 bridgehead atoms. The molecular formula is C12H8Cl2FN3O. The summed E-state index contributed by atoms with van der Waals surface area (Å²) in [7, 11) is 0. The van der Waals surface area contributed by atoms with Crippen molar-refractivity contribution in [1.29, 1.82) is 0 Å². The average molecular weight is 300 g/mol. The van der Waals surface area contributed by atoms with Gasteiger partial charge in [-0.1, -0.05) is 23.2 Å². The van der Waals surface area contributed by atoms with Crippen LogP contribution in [0.3, 0.4) is 0 Å². The number of nitrogens with two attached hydrogens (primary N) is 1. The molecule has 0 aliphatic carbocycles. The Morgan fingerprint density at radius 2 is 2.00 bits per heavy atom. The monoisotopic (exact) mass is 299 g/mol. The van der Waals surface area contributed by atoms with E-state index in [1.807, 2.05) is 0 Å². The molecular weight excluding hydrogens is 292 g/mol. The number of carbonyl (C=O) groups excluding carboxylic acids is 1. The van der Waals surface area contributed by atoms with Crippen LogP contribution in [0.25, 0.3) is 0 Å². The van der Waals surface area contributed by atoms with Crippen molar-refractivity contribution in [2.45, 2.75) is 0 Å². The molecule has 0 radical (unpaired) electrons. The van der Waals surface area contributed by atoms with Gasteiger partial charge in [-0.05, 0) is 30.3 Å². The fourth-order valence-corrected chi connectivity index (χ4v) is 1.86. The van der Waals surface area contributed by atoms with Gasteiger partial charge < -0.3 is 11.1 Å². The minimum atomic E-state index is -0.487. The van der Waals surface area contributed by atoms with Crippen LogP contribution in [0.5, 0.6) is 0 Å². The Morgan fingerprint density at radius 1 is 1.26 bits per heavy atom. The molecule has 1 aromatic heterocycles. The van der Waals surface area contributed by atoms with Crippen LogP contribution >= 0.6 is 23.2 Å². The maximum atomic E-state index is 12.9. The molecule has 1 aromatic carbocycles. The van der Waals surface area contributed by atoms with Crippen molar-refractivity contribution in [2.24, 2.45) is 0 Å². The van der Waals surface area contributed by atoms with Crippen LogP contribution in [0.4, 0.5) is 15.9 Å². The van der Waals surface area contributed by atoms with Gasteiger partial charge in [0.25, 0.3) is 5.91 Å². The third-order valence-electron chi connectivity index (χ3n) is 2.26. The normalized spacial score (nSPS) is 10.3. The molecule has 0 saturated carbocycles. The molecule has 7 heteroatoms. The van der Waals surface area contributed by atoms with E-state index < -0.39 is 11.7 Å². The maximum Gasteiger partial charge on any atom is 0.255 e. The SMILES string of the molecule is Nc1cc(C(=O)Nc2ccc(F)cc2Cl)cc(Cl)n1. The Labute approximate surface area is 118 Å². The second-order valence-electron chi connectivity index (χ2n) is 3.68. The van der Waals surface area contributed by atoms with E-state index in [0.29, 0.717) is 5.69 Å². The number of nitrogens with zero attached hydrogens (tertiary/aromatic N) is 1. The van der Waals surface area contributed by atoms with Gasteiger partial charge in [-0.25, -0.2) is 9.37 Å². The number of benzene rings is 1. The van der Waals surface area contributed by atoms with Crippen LogP contribution in [-0.2, 0) is 0 Å². The summed E-state index contributed by atoms with van der Waals surface area (Å²) in [6.07, 6.45) is 0. The predicted molar refractivity (Wildman–Crippen MR) is 73.0 cm³/mol. The van der Waals surface area contributed by atoms with Crippen LogP contribution in [0.15, 0.2) is 30.3 Å². The Hall–Kier alpha value is -1.85. The van der Waals surface area contributed by atoms with E-state index in [4.69, 9.17) is 28.9 Å². The van der Waals surface area contributed by atoms with E-state index in [1.54, 1.807) is 0 Å². The minimum Gasteiger partial charge on any atom is -0.384 e. The predicted octanol–water partition coefficient (Wildman–Crippen LogP) is 3.36. The molecule has 0 atom stereocenters. The second kappa shape index (κ2) is 5.42. The van der Waals surface area contributed by atoms with Gasteiger partial charge in [0, 0.05) is 5.56 Å². The Morgan fingerprint density at radius 3 is 2.63 bits per heavy atom. The molecule has 2 rings (SSSR count). The molecule has 0 saturated heterocycles. The maximum absolute atomic E-state index is 12.9. The van der Waals surface area contributed by atoms with Gasteiger partial charge in [-0.3, -0.25) is 4.79 Å². The van der Waals surface area contributed by atoms with E-state index in [1.165, 1.54) is 24.3 Å². The van der Waals surface area contributed by atoms with Gasteiger partial charge in [0.15, 0.2) is 0 Å². The highest BCUT2D eigenvalue weighted by Gasteiger charge is 2.11. The number of hydrogen-bond acceptors (Lipinski definition) is 3. The molecule has 19 heavy (non-hydrogen) atoms. The first-order chi connectivity index (χ1) is 8.95. The zero-order chi connectivity index (χ0) is 14.0. The van der Waals surface area contributed by atoms with E-state index in [2.05, 4.69) is 10.3 Å². The van der Waals surface area contributed by atoms with Crippen LogP contribution in [0.1, 0.15) is 10.4 Å². The molecule has 1 amide bonds.